The van der Waals surface area contributed by atoms with Crippen molar-refractivity contribution in [3.8, 4) is 11.8 Å². The highest BCUT2D eigenvalue weighted by molar-refractivity contribution is 5.31. The van der Waals surface area contributed by atoms with Gasteiger partial charge in [-0.2, -0.15) is 5.26 Å². The molecule has 0 heterocycles. The molecule has 0 spiro atoms. The molecular weight excluding hydrogens is 246 g/mol. The minimum absolute atomic E-state index is 0.634. The molecular formula is C18H23NO. The maximum absolute atomic E-state index is 8.86. The van der Waals surface area contributed by atoms with Crippen LogP contribution in [0.1, 0.15) is 50.5 Å². The van der Waals surface area contributed by atoms with Crippen molar-refractivity contribution < 1.29 is 4.74 Å². The van der Waals surface area contributed by atoms with Gasteiger partial charge in [0.15, 0.2) is 0 Å². The van der Waals surface area contributed by atoms with Gasteiger partial charge in [-0.25, -0.2) is 0 Å². The number of benzene rings is 1. The average Bonchev–Trinajstić information content (AvgIpc) is 2.53. The van der Waals surface area contributed by atoms with Crippen molar-refractivity contribution in [2.45, 2.75) is 51.4 Å². The summed E-state index contributed by atoms with van der Waals surface area (Å²) in [5.41, 5.74) is 4.43. The van der Waals surface area contributed by atoms with E-state index < -0.39 is 0 Å². The van der Waals surface area contributed by atoms with E-state index in [-0.39, 0.29) is 0 Å². The third kappa shape index (κ3) is 4.13. The Balaban J connectivity index is 2.11. The summed E-state index contributed by atoms with van der Waals surface area (Å²) in [7, 11) is 1.69. The van der Waals surface area contributed by atoms with Crippen LogP contribution in [-0.2, 0) is 6.42 Å². The second-order valence-corrected chi connectivity index (χ2v) is 5.45. The first-order valence-corrected chi connectivity index (χ1v) is 7.53. The van der Waals surface area contributed by atoms with Crippen LogP contribution in [0.2, 0.25) is 0 Å². The van der Waals surface area contributed by atoms with Gasteiger partial charge < -0.3 is 4.74 Å². The van der Waals surface area contributed by atoms with Crippen molar-refractivity contribution >= 4 is 0 Å². The van der Waals surface area contributed by atoms with Crippen molar-refractivity contribution in [3.63, 3.8) is 0 Å². The fraction of sp³-hybridized carbons (Fsp3) is 0.500. The van der Waals surface area contributed by atoms with Gasteiger partial charge in [0, 0.05) is 6.42 Å². The van der Waals surface area contributed by atoms with Crippen LogP contribution >= 0.6 is 0 Å². The molecule has 1 fully saturated rings. The quantitative estimate of drug-likeness (QED) is 0.719. The topological polar surface area (TPSA) is 33.0 Å². The van der Waals surface area contributed by atoms with Crippen LogP contribution in [0.15, 0.2) is 35.4 Å². The van der Waals surface area contributed by atoms with Crippen LogP contribution in [0, 0.1) is 11.3 Å². The molecule has 0 radical (unpaired) electrons. The van der Waals surface area contributed by atoms with Crippen molar-refractivity contribution in [1.29, 1.82) is 5.26 Å². The lowest BCUT2D eigenvalue weighted by Gasteiger charge is -2.19. The Bertz CT molecular complexity index is 485. The van der Waals surface area contributed by atoms with Crippen LogP contribution < -0.4 is 4.74 Å². The third-order valence-electron chi connectivity index (χ3n) is 4.07. The van der Waals surface area contributed by atoms with Gasteiger partial charge in [-0.1, -0.05) is 29.7 Å². The molecule has 106 valence electrons. The number of nitriles is 1. The monoisotopic (exact) mass is 269 g/mol. The fourth-order valence-electron chi connectivity index (χ4n) is 2.92. The first-order valence-electron chi connectivity index (χ1n) is 7.53. The SMILES string of the molecule is COc1ccc(CC(CCC#N)=C2CCCCC2)cc1. The van der Waals surface area contributed by atoms with Gasteiger partial charge in [0.2, 0.25) is 0 Å². The van der Waals surface area contributed by atoms with E-state index >= 15 is 0 Å². The van der Waals surface area contributed by atoms with Gasteiger partial charge in [-0.05, 0) is 56.2 Å². The first-order chi connectivity index (χ1) is 9.83. The molecule has 1 aromatic rings. The molecule has 1 aliphatic rings. The smallest absolute Gasteiger partial charge is 0.118 e. The second-order valence-electron chi connectivity index (χ2n) is 5.45. The zero-order valence-corrected chi connectivity index (χ0v) is 12.3. The first kappa shape index (κ1) is 14.7. The lowest BCUT2D eigenvalue weighted by Crippen LogP contribution is -2.02. The molecule has 1 saturated carbocycles. The standard InChI is InChI=1S/C18H23NO/c1-20-18-11-9-15(10-12-18)14-17(8-5-13-19)16-6-3-2-4-7-16/h9-12H,2-8,14H2,1H3. The van der Waals surface area contributed by atoms with Crippen LogP contribution in [0.3, 0.4) is 0 Å². The molecule has 0 unspecified atom stereocenters. The molecule has 2 heteroatoms. The molecule has 20 heavy (non-hydrogen) atoms. The summed E-state index contributed by atoms with van der Waals surface area (Å²) in [6.07, 6.45) is 9.00. The van der Waals surface area contributed by atoms with Crippen LogP contribution in [0.4, 0.5) is 0 Å². The molecule has 0 saturated heterocycles. The van der Waals surface area contributed by atoms with Gasteiger partial charge in [0.05, 0.1) is 13.2 Å². The molecule has 2 rings (SSSR count). The van der Waals surface area contributed by atoms with E-state index in [1.54, 1.807) is 12.7 Å². The predicted molar refractivity (Wildman–Crippen MR) is 81.7 cm³/mol. The van der Waals surface area contributed by atoms with E-state index in [9.17, 15) is 0 Å². The summed E-state index contributed by atoms with van der Waals surface area (Å²) in [5.74, 6) is 0.901. The van der Waals surface area contributed by atoms with E-state index in [1.807, 2.05) is 12.1 Å². The van der Waals surface area contributed by atoms with Gasteiger partial charge >= 0.3 is 0 Å². The normalized spacial score (nSPS) is 14.7. The minimum atomic E-state index is 0.634. The van der Waals surface area contributed by atoms with Crippen LogP contribution in [0.25, 0.3) is 0 Å². The fourth-order valence-corrected chi connectivity index (χ4v) is 2.92. The summed E-state index contributed by atoms with van der Waals surface area (Å²) >= 11 is 0. The van der Waals surface area contributed by atoms with Gasteiger partial charge in [0.25, 0.3) is 0 Å². The van der Waals surface area contributed by atoms with Gasteiger partial charge in [-0.3, -0.25) is 0 Å². The zero-order chi connectivity index (χ0) is 14.2. The Kier molecular flexibility index (Phi) is 5.68. The molecule has 1 aromatic carbocycles. The summed E-state index contributed by atoms with van der Waals surface area (Å²) < 4.78 is 5.20. The number of ether oxygens (including phenoxy) is 1. The molecule has 0 N–H and O–H groups in total. The highest BCUT2D eigenvalue weighted by Gasteiger charge is 2.12. The molecule has 0 amide bonds. The van der Waals surface area contributed by atoms with E-state index in [4.69, 9.17) is 10.00 Å². The van der Waals surface area contributed by atoms with Crippen LogP contribution in [0.5, 0.6) is 5.75 Å². The number of allylic oxidation sites excluding steroid dienone is 2. The van der Waals surface area contributed by atoms with E-state index in [0.29, 0.717) is 6.42 Å². The Morgan fingerprint density at radius 3 is 2.45 bits per heavy atom. The number of hydrogen-bond donors (Lipinski definition) is 0. The number of hydrogen-bond acceptors (Lipinski definition) is 2. The Morgan fingerprint density at radius 2 is 1.85 bits per heavy atom. The summed E-state index contributed by atoms with van der Waals surface area (Å²) in [5, 5.41) is 8.86. The van der Waals surface area contributed by atoms with E-state index in [0.717, 1.165) is 18.6 Å². The van der Waals surface area contributed by atoms with Gasteiger partial charge in [0.1, 0.15) is 5.75 Å². The van der Waals surface area contributed by atoms with E-state index in [2.05, 4.69) is 18.2 Å². The molecule has 1 aliphatic carbocycles. The van der Waals surface area contributed by atoms with Crippen molar-refractivity contribution in [3.05, 3.63) is 41.0 Å². The van der Waals surface area contributed by atoms with Crippen molar-refractivity contribution in [1.82, 2.24) is 0 Å². The Labute approximate surface area is 122 Å². The summed E-state index contributed by atoms with van der Waals surface area (Å²) in [4.78, 5) is 0. The molecule has 2 nitrogen and oxygen atoms in total. The Hall–Kier alpha value is -1.75. The van der Waals surface area contributed by atoms with E-state index in [1.165, 1.54) is 43.2 Å². The average molecular weight is 269 g/mol. The number of rotatable bonds is 5. The predicted octanol–water partition coefficient (Wildman–Crippen LogP) is 4.80. The highest BCUT2D eigenvalue weighted by Crippen LogP contribution is 2.29. The lowest BCUT2D eigenvalue weighted by molar-refractivity contribution is 0.414. The van der Waals surface area contributed by atoms with Crippen molar-refractivity contribution in [2.24, 2.45) is 0 Å². The Morgan fingerprint density at radius 1 is 1.15 bits per heavy atom. The summed E-state index contributed by atoms with van der Waals surface area (Å²) in [6, 6.07) is 10.6. The second kappa shape index (κ2) is 7.75. The number of methoxy groups -OCH3 is 1. The maximum atomic E-state index is 8.86. The molecule has 0 aromatic heterocycles. The largest absolute Gasteiger partial charge is 0.497 e. The van der Waals surface area contributed by atoms with Crippen LogP contribution in [-0.4, -0.2) is 7.11 Å². The molecule has 0 bridgehead atoms. The number of nitrogens with zero attached hydrogens (tertiary/aromatic N) is 1. The molecule has 0 aliphatic heterocycles. The minimum Gasteiger partial charge on any atom is -0.497 e. The van der Waals surface area contributed by atoms with Gasteiger partial charge in [-0.15, -0.1) is 0 Å². The third-order valence-corrected chi connectivity index (χ3v) is 4.07. The van der Waals surface area contributed by atoms with Crippen molar-refractivity contribution in [2.75, 3.05) is 7.11 Å². The summed E-state index contributed by atoms with van der Waals surface area (Å²) in [6.45, 7) is 0. The highest BCUT2D eigenvalue weighted by atomic mass is 16.5. The molecule has 0 atom stereocenters. The zero-order valence-electron chi connectivity index (χ0n) is 12.3. The maximum Gasteiger partial charge on any atom is 0.118 e. The lowest BCUT2D eigenvalue weighted by atomic mass is 9.87.